The molecule has 1 aliphatic rings. The lowest BCUT2D eigenvalue weighted by molar-refractivity contribution is 0.295. The number of nitrogens with two attached hydrogens (primary N) is 1. The number of sulfone groups is 1. The summed E-state index contributed by atoms with van der Waals surface area (Å²) in [6, 6.07) is 4.77. The van der Waals surface area contributed by atoms with E-state index >= 15 is 0 Å². The molecule has 1 aliphatic carbocycles. The van der Waals surface area contributed by atoms with Crippen LogP contribution in [0.4, 0.5) is 0 Å². The molecule has 1 fully saturated rings. The van der Waals surface area contributed by atoms with Crippen LogP contribution in [-0.4, -0.2) is 19.8 Å². The third kappa shape index (κ3) is 2.37. The SMILES string of the molecule is CS(=O)(=O)c1c(O)cccc1C1(N)CCCCC1. The van der Waals surface area contributed by atoms with Gasteiger partial charge in [-0.2, -0.15) is 0 Å². The van der Waals surface area contributed by atoms with Crippen molar-refractivity contribution in [1.82, 2.24) is 0 Å². The molecule has 2 rings (SSSR count). The van der Waals surface area contributed by atoms with Gasteiger partial charge in [0.1, 0.15) is 10.6 Å². The van der Waals surface area contributed by atoms with Gasteiger partial charge in [0.05, 0.1) is 0 Å². The zero-order valence-corrected chi connectivity index (χ0v) is 11.3. The molecule has 4 nitrogen and oxygen atoms in total. The van der Waals surface area contributed by atoms with Crippen LogP contribution in [0, 0.1) is 0 Å². The van der Waals surface area contributed by atoms with Crippen LogP contribution in [0.25, 0.3) is 0 Å². The van der Waals surface area contributed by atoms with Crippen molar-refractivity contribution in [3.8, 4) is 5.75 Å². The van der Waals surface area contributed by atoms with Gasteiger partial charge >= 0.3 is 0 Å². The maximum absolute atomic E-state index is 11.8. The van der Waals surface area contributed by atoms with Gasteiger partial charge in [0.25, 0.3) is 0 Å². The van der Waals surface area contributed by atoms with E-state index in [0.29, 0.717) is 5.56 Å². The van der Waals surface area contributed by atoms with Crippen molar-refractivity contribution < 1.29 is 13.5 Å². The molecule has 0 amide bonds. The first-order valence-electron chi connectivity index (χ1n) is 6.16. The Balaban J connectivity index is 2.61. The normalized spacial score (nSPS) is 19.7. The molecular weight excluding hydrogens is 250 g/mol. The largest absolute Gasteiger partial charge is 0.507 e. The second-order valence-corrected chi connectivity index (χ2v) is 7.10. The van der Waals surface area contributed by atoms with Gasteiger partial charge in [-0.3, -0.25) is 0 Å². The Hall–Kier alpha value is -1.07. The molecule has 1 saturated carbocycles. The van der Waals surface area contributed by atoms with E-state index in [1.54, 1.807) is 12.1 Å². The molecule has 1 aromatic carbocycles. The number of hydrogen-bond acceptors (Lipinski definition) is 4. The quantitative estimate of drug-likeness (QED) is 0.859. The minimum absolute atomic E-state index is 0.00519. The minimum Gasteiger partial charge on any atom is -0.507 e. The molecule has 0 heterocycles. The first-order valence-corrected chi connectivity index (χ1v) is 8.05. The van der Waals surface area contributed by atoms with Gasteiger partial charge in [0.2, 0.25) is 0 Å². The summed E-state index contributed by atoms with van der Waals surface area (Å²) in [7, 11) is -3.48. The van der Waals surface area contributed by atoms with Crippen LogP contribution in [-0.2, 0) is 15.4 Å². The number of phenolic OH excluding ortho intramolecular Hbond substituents is 1. The highest BCUT2D eigenvalue weighted by molar-refractivity contribution is 7.90. The predicted molar refractivity (Wildman–Crippen MR) is 70.2 cm³/mol. The number of rotatable bonds is 2. The van der Waals surface area contributed by atoms with Crippen molar-refractivity contribution in [2.75, 3.05) is 6.26 Å². The zero-order chi connectivity index (χ0) is 13.4. The summed E-state index contributed by atoms with van der Waals surface area (Å²) < 4.78 is 23.7. The van der Waals surface area contributed by atoms with Crippen molar-refractivity contribution in [2.45, 2.75) is 42.5 Å². The van der Waals surface area contributed by atoms with E-state index < -0.39 is 15.4 Å². The van der Waals surface area contributed by atoms with Crippen LogP contribution in [0.2, 0.25) is 0 Å². The lowest BCUT2D eigenvalue weighted by Crippen LogP contribution is -2.39. The molecule has 100 valence electrons. The highest BCUT2D eigenvalue weighted by Crippen LogP contribution is 2.40. The molecule has 18 heavy (non-hydrogen) atoms. The molecule has 0 bridgehead atoms. The molecule has 0 radical (unpaired) electrons. The second kappa shape index (κ2) is 4.55. The Morgan fingerprint density at radius 2 is 1.83 bits per heavy atom. The fourth-order valence-electron chi connectivity index (χ4n) is 2.76. The third-order valence-electron chi connectivity index (χ3n) is 3.65. The Bertz CT molecular complexity index is 545. The van der Waals surface area contributed by atoms with E-state index in [4.69, 9.17) is 5.73 Å². The Morgan fingerprint density at radius 3 is 2.39 bits per heavy atom. The Labute approximate surface area is 108 Å². The molecule has 0 aliphatic heterocycles. The van der Waals surface area contributed by atoms with E-state index in [0.717, 1.165) is 38.4 Å². The monoisotopic (exact) mass is 269 g/mol. The van der Waals surface area contributed by atoms with Crippen molar-refractivity contribution in [1.29, 1.82) is 0 Å². The van der Waals surface area contributed by atoms with Crippen molar-refractivity contribution in [3.63, 3.8) is 0 Å². The van der Waals surface area contributed by atoms with Crippen LogP contribution in [0.1, 0.15) is 37.7 Å². The number of aromatic hydroxyl groups is 1. The summed E-state index contributed by atoms with van der Waals surface area (Å²) >= 11 is 0. The molecular formula is C13H19NO3S. The summed E-state index contributed by atoms with van der Waals surface area (Å²) in [6.45, 7) is 0. The van der Waals surface area contributed by atoms with Gasteiger partial charge < -0.3 is 10.8 Å². The topological polar surface area (TPSA) is 80.4 Å². The fourth-order valence-corrected chi connectivity index (χ4v) is 3.88. The van der Waals surface area contributed by atoms with Crippen LogP contribution < -0.4 is 5.73 Å². The summed E-state index contributed by atoms with van der Waals surface area (Å²) in [5.74, 6) is -0.203. The van der Waals surface area contributed by atoms with Crippen LogP contribution in [0.5, 0.6) is 5.75 Å². The van der Waals surface area contributed by atoms with Gasteiger partial charge in [-0.25, -0.2) is 8.42 Å². The van der Waals surface area contributed by atoms with Crippen molar-refractivity contribution in [3.05, 3.63) is 23.8 Å². The maximum atomic E-state index is 11.8. The molecule has 0 aromatic heterocycles. The summed E-state index contributed by atoms with van der Waals surface area (Å²) in [6.07, 6.45) is 5.76. The first-order chi connectivity index (χ1) is 8.34. The van der Waals surface area contributed by atoms with E-state index in [1.807, 2.05) is 0 Å². The van der Waals surface area contributed by atoms with E-state index in [2.05, 4.69) is 0 Å². The average molecular weight is 269 g/mol. The first kappa shape index (κ1) is 13.4. The molecule has 0 unspecified atom stereocenters. The zero-order valence-electron chi connectivity index (χ0n) is 10.5. The summed E-state index contributed by atoms with van der Waals surface area (Å²) in [5.41, 5.74) is 6.30. The van der Waals surface area contributed by atoms with Crippen LogP contribution >= 0.6 is 0 Å². The van der Waals surface area contributed by atoms with Gasteiger partial charge in [0, 0.05) is 11.8 Å². The van der Waals surface area contributed by atoms with Gasteiger partial charge in [-0.05, 0) is 24.5 Å². The van der Waals surface area contributed by atoms with E-state index in [9.17, 15) is 13.5 Å². The molecule has 3 N–H and O–H groups in total. The van der Waals surface area contributed by atoms with Crippen LogP contribution in [0.15, 0.2) is 23.1 Å². The van der Waals surface area contributed by atoms with E-state index in [1.165, 1.54) is 6.07 Å². The van der Waals surface area contributed by atoms with Gasteiger partial charge in [-0.15, -0.1) is 0 Å². The lowest BCUT2D eigenvalue weighted by Gasteiger charge is -2.35. The van der Waals surface area contributed by atoms with Gasteiger partial charge in [-0.1, -0.05) is 31.4 Å². The maximum Gasteiger partial charge on any atom is 0.179 e. The number of hydrogen-bond donors (Lipinski definition) is 2. The molecule has 0 saturated heterocycles. The summed E-state index contributed by atoms with van der Waals surface area (Å²) in [4.78, 5) is -0.00519. The molecule has 5 heteroatoms. The molecule has 0 spiro atoms. The fraction of sp³-hybridized carbons (Fsp3) is 0.538. The van der Waals surface area contributed by atoms with E-state index in [-0.39, 0.29) is 10.6 Å². The van der Waals surface area contributed by atoms with Gasteiger partial charge in [0.15, 0.2) is 9.84 Å². The standard InChI is InChI=1S/C13H19NO3S/c1-18(16,17)12-10(6-5-7-11(12)15)13(14)8-3-2-4-9-13/h5-7,15H,2-4,8-9,14H2,1H3. The third-order valence-corrected chi connectivity index (χ3v) is 4.82. The predicted octanol–water partition coefficient (Wildman–Crippen LogP) is 1.91. The van der Waals surface area contributed by atoms with Crippen molar-refractivity contribution >= 4 is 9.84 Å². The number of phenols is 1. The second-order valence-electron chi connectivity index (χ2n) is 5.14. The highest BCUT2D eigenvalue weighted by Gasteiger charge is 2.34. The number of benzene rings is 1. The molecule has 1 aromatic rings. The Morgan fingerprint density at radius 1 is 1.22 bits per heavy atom. The molecule has 0 atom stereocenters. The van der Waals surface area contributed by atoms with Crippen LogP contribution in [0.3, 0.4) is 0 Å². The minimum atomic E-state index is -3.48. The lowest BCUT2D eigenvalue weighted by atomic mass is 9.77. The highest BCUT2D eigenvalue weighted by atomic mass is 32.2. The summed E-state index contributed by atoms with van der Waals surface area (Å²) in [5, 5.41) is 9.84. The van der Waals surface area contributed by atoms with Crippen molar-refractivity contribution in [2.24, 2.45) is 5.73 Å². The average Bonchev–Trinajstić information content (AvgIpc) is 2.28. The Kier molecular flexibility index (Phi) is 3.38. The smallest absolute Gasteiger partial charge is 0.179 e.